The number of hydrogen-bond acceptors (Lipinski definition) is 4. The lowest BCUT2D eigenvalue weighted by Crippen LogP contribution is -2.12. The van der Waals surface area contributed by atoms with E-state index in [-0.39, 0.29) is 11.6 Å². The van der Waals surface area contributed by atoms with Gasteiger partial charge in [-0.15, -0.1) is 5.10 Å². The first-order chi connectivity index (χ1) is 12.9. The van der Waals surface area contributed by atoms with Gasteiger partial charge in [-0.3, -0.25) is 4.79 Å². The summed E-state index contributed by atoms with van der Waals surface area (Å²) >= 11 is 11.9. The Morgan fingerprint density at radius 3 is 2.70 bits per heavy atom. The third kappa shape index (κ3) is 4.81. The molecule has 0 bridgehead atoms. The van der Waals surface area contributed by atoms with E-state index in [1.165, 1.54) is 22.9 Å². The molecule has 0 radical (unpaired) electrons. The number of carbonyl (C=O) groups excluding carboxylic acids is 1. The van der Waals surface area contributed by atoms with Crippen LogP contribution >= 0.6 is 23.2 Å². The molecule has 3 aromatic rings. The number of halogens is 3. The van der Waals surface area contributed by atoms with Gasteiger partial charge in [-0.25, -0.2) is 4.39 Å². The van der Waals surface area contributed by atoms with Gasteiger partial charge in [0.05, 0.1) is 10.0 Å². The van der Waals surface area contributed by atoms with Crippen LogP contribution in [0.5, 0.6) is 0 Å². The van der Waals surface area contributed by atoms with E-state index in [0.29, 0.717) is 40.8 Å². The van der Waals surface area contributed by atoms with Gasteiger partial charge in [0.1, 0.15) is 11.5 Å². The molecule has 2 aromatic carbocycles. The Morgan fingerprint density at radius 2 is 2.00 bits per heavy atom. The highest BCUT2D eigenvalue weighted by Crippen LogP contribution is 2.23. The van der Waals surface area contributed by atoms with Gasteiger partial charge in [0.25, 0.3) is 0 Å². The minimum atomic E-state index is -0.483. The van der Waals surface area contributed by atoms with Crippen LogP contribution in [0.2, 0.25) is 10.0 Å². The van der Waals surface area contributed by atoms with Crippen molar-refractivity contribution in [3.63, 3.8) is 0 Å². The van der Waals surface area contributed by atoms with Crippen LogP contribution in [-0.2, 0) is 11.2 Å². The van der Waals surface area contributed by atoms with Crippen LogP contribution in [0.4, 0.5) is 10.1 Å². The first-order valence-corrected chi connectivity index (χ1v) is 8.98. The van der Waals surface area contributed by atoms with Gasteiger partial charge in [-0.1, -0.05) is 29.3 Å². The van der Waals surface area contributed by atoms with Crippen LogP contribution in [-0.4, -0.2) is 26.1 Å². The highest BCUT2D eigenvalue weighted by atomic mass is 35.5. The smallest absolute Gasteiger partial charge is 0.224 e. The SMILES string of the molecule is Cc1nnnn1-c1cc(NC(=O)CCCc2ccc(Cl)c(Cl)c2)ccc1F. The number of aryl methyl sites for hydroxylation is 2. The van der Waals surface area contributed by atoms with Crippen LogP contribution in [0.25, 0.3) is 5.69 Å². The number of hydrogen-bond donors (Lipinski definition) is 1. The number of carbonyl (C=O) groups is 1. The molecular weight excluding hydrogens is 392 g/mol. The lowest BCUT2D eigenvalue weighted by Gasteiger charge is -2.09. The largest absolute Gasteiger partial charge is 0.326 e. The monoisotopic (exact) mass is 407 g/mol. The van der Waals surface area contributed by atoms with Crippen molar-refractivity contribution in [1.29, 1.82) is 0 Å². The highest BCUT2D eigenvalue weighted by molar-refractivity contribution is 6.42. The molecule has 1 aromatic heterocycles. The second kappa shape index (κ2) is 8.45. The topological polar surface area (TPSA) is 72.7 Å². The molecule has 1 N–H and O–H groups in total. The fraction of sp³-hybridized carbons (Fsp3) is 0.222. The standard InChI is InChI=1S/C18H16Cl2FN5O/c1-11-23-24-25-26(11)17-10-13(6-8-16(17)21)22-18(27)4-2-3-12-5-7-14(19)15(20)9-12/h5-10H,2-4H2,1H3,(H,22,27). The summed E-state index contributed by atoms with van der Waals surface area (Å²) in [6.45, 7) is 1.66. The van der Waals surface area contributed by atoms with Crippen molar-refractivity contribution < 1.29 is 9.18 Å². The number of amides is 1. The second-order valence-electron chi connectivity index (χ2n) is 5.95. The molecule has 1 amide bonds. The molecule has 0 saturated heterocycles. The van der Waals surface area contributed by atoms with Gasteiger partial charge in [-0.2, -0.15) is 4.68 Å². The summed E-state index contributed by atoms with van der Waals surface area (Å²) in [5.74, 6) is -0.205. The first-order valence-electron chi connectivity index (χ1n) is 8.23. The first kappa shape index (κ1) is 19.3. The Morgan fingerprint density at radius 1 is 1.19 bits per heavy atom. The van der Waals surface area contributed by atoms with Crippen LogP contribution < -0.4 is 5.32 Å². The van der Waals surface area contributed by atoms with Crippen LogP contribution in [0.3, 0.4) is 0 Å². The quantitative estimate of drug-likeness (QED) is 0.657. The third-order valence-corrected chi connectivity index (χ3v) is 4.68. The number of benzene rings is 2. The molecule has 0 aliphatic carbocycles. The average molecular weight is 408 g/mol. The van der Waals surface area contributed by atoms with Crippen LogP contribution in [0.15, 0.2) is 36.4 Å². The molecule has 0 fully saturated rings. The fourth-order valence-corrected chi connectivity index (χ4v) is 2.90. The van der Waals surface area contributed by atoms with Crippen LogP contribution in [0.1, 0.15) is 24.2 Å². The Bertz CT molecular complexity index is 976. The number of aromatic nitrogens is 4. The van der Waals surface area contributed by atoms with E-state index < -0.39 is 5.82 Å². The number of rotatable bonds is 6. The second-order valence-corrected chi connectivity index (χ2v) is 6.77. The minimum Gasteiger partial charge on any atom is -0.326 e. The maximum Gasteiger partial charge on any atom is 0.224 e. The fourth-order valence-electron chi connectivity index (χ4n) is 2.58. The van der Waals surface area contributed by atoms with E-state index >= 15 is 0 Å². The average Bonchev–Trinajstić information content (AvgIpc) is 3.05. The Balaban J connectivity index is 1.59. The highest BCUT2D eigenvalue weighted by Gasteiger charge is 2.12. The number of nitrogens with one attached hydrogen (secondary N) is 1. The Kier molecular flexibility index (Phi) is 6.03. The van der Waals surface area contributed by atoms with Crippen molar-refractivity contribution >= 4 is 34.8 Å². The molecule has 0 saturated carbocycles. The summed E-state index contributed by atoms with van der Waals surface area (Å²) < 4.78 is 15.3. The predicted octanol–water partition coefficient (Wildman–Crippen LogP) is 4.38. The van der Waals surface area contributed by atoms with E-state index in [4.69, 9.17) is 23.2 Å². The van der Waals surface area contributed by atoms with E-state index in [9.17, 15) is 9.18 Å². The zero-order valence-electron chi connectivity index (χ0n) is 14.4. The van der Waals surface area contributed by atoms with Crippen molar-refractivity contribution in [3.05, 3.63) is 63.6 Å². The van der Waals surface area contributed by atoms with E-state index in [0.717, 1.165) is 5.56 Å². The van der Waals surface area contributed by atoms with Crippen molar-refractivity contribution in [2.75, 3.05) is 5.32 Å². The Labute approximate surface area is 165 Å². The molecule has 9 heteroatoms. The van der Waals surface area contributed by atoms with Crippen molar-refractivity contribution in [2.45, 2.75) is 26.2 Å². The van der Waals surface area contributed by atoms with Gasteiger partial charge in [0.15, 0.2) is 5.82 Å². The lowest BCUT2D eigenvalue weighted by molar-refractivity contribution is -0.116. The van der Waals surface area contributed by atoms with E-state index in [1.807, 2.05) is 6.07 Å². The zero-order valence-corrected chi connectivity index (χ0v) is 15.9. The van der Waals surface area contributed by atoms with Crippen molar-refractivity contribution in [1.82, 2.24) is 20.2 Å². The molecule has 0 aliphatic heterocycles. The third-order valence-electron chi connectivity index (χ3n) is 3.94. The summed E-state index contributed by atoms with van der Waals surface area (Å²) in [6.07, 6.45) is 1.66. The number of tetrazole rings is 1. The molecule has 6 nitrogen and oxygen atoms in total. The summed E-state index contributed by atoms with van der Waals surface area (Å²) in [7, 11) is 0. The van der Waals surface area contributed by atoms with Gasteiger partial charge in [-0.05, 0) is 66.1 Å². The van der Waals surface area contributed by atoms with Crippen LogP contribution in [0, 0.1) is 12.7 Å². The molecule has 1 heterocycles. The summed E-state index contributed by atoms with van der Waals surface area (Å²) in [4.78, 5) is 12.2. The molecule has 0 spiro atoms. The molecular formula is C18H16Cl2FN5O. The zero-order chi connectivity index (χ0) is 19.4. The molecule has 0 atom stereocenters. The van der Waals surface area contributed by atoms with Gasteiger partial charge >= 0.3 is 0 Å². The van der Waals surface area contributed by atoms with Gasteiger partial charge in [0, 0.05) is 12.1 Å². The summed E-state index contributed by atoms with van der Waals surface area (Å²) in [6, 6.07) is 9.67. The van der Waals surface area contributed by atoms with Gasteiger partial charge in [0.2, 0.25) is 5.91 Å². The van der Waals surface area contributed by atoms with Gasteiger partial charge < -0.3 is 5.32 Å². The summed E-state index contributed by atoms with van der Waals surface area (Å²) in [5, 5.41) is 14.7. The molecule has 27 heavy (non-hydrogen) atoms. The number of nitrogens with zero attached hydrogens (tertiary/aromatic N) is 4. The molecule has 0 aliphatic rings. The number of anilines is 1. The van der Waals surface area contributed by atoms with Crippen molar-refractivity contribution in [2.24, 2.45) is 0 Å². The van der Waals surface area contributed by atoms with E-state index in [2.05, 4.69) is 20.8 Å². The summed E-state index contributed by atoms with van der Waals surface area (Å²) in [5.41, 5.74) is 1.65. The maximum absolute atomic E-state index is 14.1. The normalized spacial score (nSPS) is 10.8. The molecule has 3 rings (SSSR count). The Hall–Kier alpha value is -2.51. The molecule has 140 valence electrons. The minimum absolute atomic E-state index is 0.166. The van der Waals surface area contributed by atoms with E-state index in [1.54, 1.807) is 19.1 Å². The maximum atomic E-state index is 14.1. The predicted molar refractivity (Wildman–Crippen MR) is 102 cm³/mol. The van der Waals surface area contributed by atoms with Crippen molar-refractivity contribution in [3.8, 4) is 5.69 Å². The molecule has 0 unspecified atom stereocenters. The lowest BCUT2D eigenvalue weighted by atomic mass is 10.1.